The predicted octanol–water partition coefficient (Wildman–Crippen LogP) is 5.21. The van der Waals surface area contributed by atoms with Gasteiger partial charge in [-0.2, -0.15) is 0 Å². The minimum atomic E-state index is -0.470. The third-order valence-electron chi connectivity index (χ3n) is 8.53. The number of allylic oxidation sites excluding steroid dienone is 1. The number of hydrogen-bond donors (Lipinski definition) is 4. The molecule has 0 amide bonds. The minimum Gasteiger partial charge on any atom is -0.391 e. The number of nitrogen functional groups attached to an aromatic ring is 1. The molecule has 5 rings (SSSR count). The Labute approximate surface area is 247 Å². The van der Waals surface area contributed by atoms with Gasteiger partial charge >= 0.3 is 0 Å². The molecule has 41 heavy (non-hydrogen) atoms. The van der Waals surface area contributed by atoms with Crippen molar-refractivity contribution in [1.29, 1.82) is 0 Å². The normalized spacial score (nSPS) is 21.2. The number of nitrogens with zero attached hydrogens (tertiary/aromatic N) is 4. The average molecular weight is 574 g/mol. The third kappa shape index (κ3) is 6.86. The van der Waals surface area contributed by atoms with Crippen LogP contribution in [0.4, 0.5) is 5.82 Å². The maximum absolute atomic E-state index is 11.4. The second-order valence-electron chi connectivity index (χ2n) is 11.3. The van der Waals surface area contributed by atoms with E-state index in [-0.39, 0.29) is 12.0 Å². The summed E-state index contributed by atoms with van der Waals surface area (Å²) in [7, 11) is 0. The molecule has 1 fully saturated rings. The van der Waals surface area contributed by atoms with Crippen LogP contribution in [0.2, 0.25) is 0 Å². The molecule has 218 valence electrons. The van der Waals surface area contributed by atoms with Crippen LogP contribution in [0.15, 0.2) is 59.9 Å². The molecule has 1 aromatic carbocycles. The molecule has 0 unspecified atom stereocenters. The molecule has 4 atom stereocenters. The van der Waals surface area contributed by atoms with Crippen molar-refractivity contribution in [2.45, 2.75) is 58.6 Å². The number of thiazole rings is 1. The molecule has 1 aliphatic rings. The maximum atomic E-state index is 11.4. The first kappa shape index (κ1) is 29.4. The fourth-order valence-corrected chi connectivity index (χ4v) is 6.70. The summed E-state index contributed by atoms with van der Waals surface area (Å²) < 4.78 is 2.12. The van der Waals surface area contributed by atoms with Gasteiger partial charge in [-0.15, -0.1) is 11.3 Å². The van der Waals surface area contributed by atoms with Crippen LogP contribution in [0.5, 0.6) is 0 Å². The van der Waals surface area contributed by atoms with Crippen LogP contribution < -0.4 is 16.4 Å². The quantitative estimate of drug-likeness (QED) is 0.128. The number of benzene rings is 1. The summed E-state index contributed by atoms with van der Waals surface area (Å²) in [5.41, 5.74) is 11.8. The van der Waals surface area contributed by atoms with Crippen molar-refractivity contribution in [3.05, 3.63) is 71.1 Å². The Balaban J connectivity index is 1.25. The number of fused-ring (bicyclic) bond motifs is 1. The van der Waals surface area contributed by atoms with E-state index in [0.29, 0.717) is 11.7 Å². The topological polar surface area (TPSA) is 114 Å². The van der Waals surface area contributed by atoms with Crippen molar-refractivity contribution in [1.82, 2.24) is 30.2 Å². The van der Waals surface area contributed by atoms with Crippen LogP contribution in [0, 0.1) is 11.8 Å². The van der Waals surface area contributed by atoms with Crippen LogP contribution in [0.3, 0.4) is 0 Å². The van der Waals surface area contributed by atoms with E-state index in [1.165, 1.54) is 17.5 Å². The lowest BCUT2D eigenvalue weighted by Gasteiger charge is -2.20. The van der Waals surface area contributed by atoms with Gasteiger partial charge in [-0.05, 0) is 76.7 Å². The number of aliphatic hydroxyl groups is 1. The highest BCUT2D eigenvalue weighted by Gasteiger charge is 2.41. The van der Waals surface area contributed by atoms with Crippen molar-refractivity contribution < 1.29 is 5.11 Å². The lowest BCUT2D eigenvalue weighted by atomic mass is 9.97. The molecule has 8 nitrogen and oxygen atoms in total. The number of nitrogens with one attached hydrogen (secondary N) is 2. The summed E-state index contributed by atoms with van der Waals surface area (Å²) in [4.78, 5) is 13.9. The van der Waals surface area contributed by atoms with Crippen molar-refractivity contribution in [2.24, 2.45) is 11.8 Å². The van der Waals surface area contributed by atoms with Gasteiger partial charge in [-0.1, -0.05) is 48.9 Å². The largest absolute Gasteiger partial charge is 0.391 e. The molecule has 3 aromatic heterocycles. The van der Waals surface area contributed by atoms with Crippen LogP contribution in [0.25, 0.3) is 21.6 Å². The molecular weight excluding hydrogens is 530 g/mol. The third-order valence-corrected chi connectivity index (χ3v) is 9.45. The molecular formula is C32H43N7OS. The fourth-order valence-electron chi connectivity index (χ4n) is 5.86. The zero-order valence-electron chi connectivity index (χ0n) is 24.4. The molecule has 0 saturated heterocycles. The van der Waals surface area contributed by atoms with Gasteiger partial charge in [0.15, 0.2) is 0 Å². The number of hydrogen-bond acceptors (Lipinski definition) is 8. The van der Waals surface area contributed by atoms with E-state index < -0.39 is 6.10 Å². The van der Waals surface area contributed by atoms with Crippen LogP contribution >= 0.6 is 11.3 Å². The summed E-state index contributed by atoms with van der Waals surface area (Å²) in [5, 5.41) is 22.4. The molecule has 9 heteroatoms. The molecule has 0 bridgehead atoms. The number of anilines is 1. The van der Waals surface area contributed by atoms with Gasteiger partial charge < -0.3 is 26.0 Å². The summed E-state index contributed by atoms with van der Waals surface area (Å²) in [6.07, 6.45) is 9.15. The highest BCUT2D eigenvalue weighted by Crippen LogP contribution is 2.43. The van der Waals surface area contributed by atoms with Crippen LogP contribution in [0.1, 0.15) is 57.3 Å². The van der Waals surface area contributed by atoms with E-state index in [9.17, 15) is 5.11 Å². The van der Waals surface area contributed by atoms with Gasteiger partial charge in [0.1, 0.15) is 22.8 Å². The molecule has 5 N–H and O–H groups in total. The number of nitrogens with two attached hydrogens (primary N) is 1. The first-order chi connectivity index (χ1) is 20.0. The minimum absolute atomic E-state index is 0.0809. The van der Waals surface area contributed by atoms with E-state index in [2.05, 4.69) is 87.9 Å². The molecule has 1 saturated carbocycles. The van der Waals surface area contributed by atoms with Gasteiger partial charge in [0.2, 0.25) is 0 Å². The fraction of sp³-hybridized carbons (Fsp3) is 0.469. The molecule has 0 spiro atoms. The highest BCUT2D eigenvalue weighted by molar-refractivity contribution is 7.13. The van der Waals surface area contributed by atoms with Crippen molar-refractivity contribution >= 4 is 28.2 Å². The van der Waals surface area contributed by atoms with Crippen molar-refractivity contribution in [2.75, 3.05) is 31.9 Å². The van der Waals surface area contributed by atoms with Crippen molar-refractivity contribution in [3.63, 3.8) is 0 Å². The van der Waals surface area contributed by atoms with Gasteiger partial charge in [0.05, 0.1) is 23.2 Å². The average Bonchev–Trinajstić information content (AvgIpc) is 3.67. The first-order valence-electron chi connectivity index (χ1n) is 14.8. The Hall–Kier alpha value is -3.11. The lowest BCUT2D eigenvalue weighted by Crippen LogP contribution is -2.29. The maximum Gasteiger partial charge on any atom is 0.146 e. The zero-order valence-corrected chi connectivity index (χ0v) is 25.2. The van der Waals surface area contributed by atoms with E-state index in [4.69, 9.17) is 10.7 Å². The Morgan fingerprint density at radius 1 is 1.17 bits per heavy atom. The Morgan fingerprint density at radius 2 is 1.98 bits per heavy atom. The number of aliphatic hydroxyl groups excluding tert-OH is 1. The van der Waals surface area contributed by atoms with Gasteiger partial charge in [-0.3, -0.25) is 0 Å². The predicted molar refractivity (Wildman–Crippen MR) is 169 cm³/mol. The summed E-state index contributed by atoms with van der Waals surface area (Å²) in [5.74, 6) is 0.987. The zero-order chi connectivity index (χ0) is 28.8. The summed E-state index contributed by atoms with van der Waals surface area (Å²) in [6.45, 7) is 10.3. The Kier molecular flexibility index (Phi) is 9.82. The second kappa shape index (κ2) is 13.7. The molecule has 1 aliphatic carbocycles. The Morgan fingerprint density at radius 3 is 2.78 bits per heavy atom. The van der Waals surface area contributed by atoms with Gasteiger partial charge in [0.25, 0.3) is 0 Å². The Bertz CT molecular complexity index is 1450. The monoisotopic (exact) mass is 573 g/mol. The van der Waals surface area contributed by atoms with Crippen molar-refractivity contribution in [3.8, 4) is 10.6 Å². The van der Waals surface area contributed by atoms with Crippen LogP contribution in [-0.2, 0) is 6.42 Å². The first-order valence-corrected chi connectivity index (χ1v) is 15.6. The van der Waals surface area contributed by atoms with E-state index in [0.717, 1.165) is 79.2 Å². The smallest absolute Gasteiger partial charge is 0.146 e. The van der Waals surface area contributed by atoms with E-state index in [1.807, 2.05) is 6.07 Å². The second-order valence-corrected chi connectivity index (χ2v) is 12.2. The van der Waals surface area contributed by atoms with E-state index >= 15 is 0 Å². The summed E-state index contributed by atoms with van der Waals surface area (Å²) in [6, 6.07) is 10.3. The molecule has 4 aromatic rings. The SMILES string of the molecule is C/C=C(\C)CCNCCCNC[C@H]1C[C@@H](n2cc(-c3nc(Cc4ccccc4)cs3)c3c(N)ncnc32)[C@H](O)[C@@H]1C. The number of rotatable bonds is 13. The molecule has 0 aliphatic heterocycles. The molecule has 3 heterocycles. The van der Waals surface area contributed by atoms with Gasteiger partial charge in [-0.25, -0.2) is 15.0 Å². The summed E-state index contributed by atoms with van der Waals surface area (Å²) >= 11 is 1.61. The standard InChI is InChI=1S/C32H43N7OS/c1-4-21(2)11-14-34-12-8-13-35-17-24-16-27(29(40)22(24)3)39-18-26(28-30(33)36-20-37-31(28)39)32-38-25(19-41-32)15-23-9-6-5-7-10-23/h4-7,9-10,18-20,22,24,27,29,34-35,40H,8,11-17H2,1-3H3,(H2,33,36,37)/b21-4+/t22-,24-,27-,29-/m1/s1. The lowest BCUT2D eigenvalue weighted by molar-refractivity contribution is 0.0956. The highest BCUT2D eigenvalue weighted by atomic mass is 32.1. The van der Waals surface area contributed by atoms with E-state index in [1.54, 1.807) is 11.3 Å². The van der Waals surface area contributed by atoms with Gasteiger partial charge in [0, 0.05) is 23.6 Å². The van der Waals surface area contributed by atoms with Crippen LogP contribution in [-0.4, -0.2) is 56.9 Å². The number of aromatic nitrogens is 4. The molecule has 0 radical (unpaired) electrons.